The monoisotopic (exact) mass is 453 g/mol. The summed E-state index contributed by atoms with van der Waals surface area (Å²) in [5, 5.41) is 3.36. The van der Waals surface area contributed by atoms with E-state index in [0.717, 1.165) is 0 Å². The quantitative estimate of drug-likeness (QED) is 0.720. The summed E-state index contributed by atoms with van der Waals surface area (Å²) >= 11 is 9.14. The van der Waals surface area contributed by atoms with Gasteiger partial charge in [-0.1, -0.05) is 33.6 Å². The number of amides is 3. The van der Waals surface area contributed by atoms with Gasteiger partial charge in [0.15, 0.2) is 0 Å². The number of nitrogens with zero attached hydrogens (tertiary/aromatic N) is 2. The van der Waals surface area contributed by atoms with Gasteiger partial charge in [-0.05, 0) is 42.8 Å². The highest BCUT2D eigenvalue weighted by Crippen LogP contribution is 2.18. The summed E-state index contributed by atoms with van der Waals surface area (Å²) in [5.74, 6) is -0.711. The van der Waals surface area contributed by atoms with Gasteiger partial charge >= 0.3 is 6.03 Å². The van der Waals surface area contributed by atoms with Crippen LogP contribution in [0, 0.1) is 5.82 Å². The average molecular weight is 455 g/mol. The van der Waals surface area contributed by atoms with E-state index < -0.39 is 5.82 Å². The molecule has 3 rings (SSSR count). The Morgan fingerprint density at radius 3 is 2.52 bits per heavy atom. The van der Waals surface area contributed by atoms with Crippen molar-refractivity contribution >= 4 is 45.2 Å². The predicted molar refractivity (Wildman–Crippen MR) is 107 cm³/mol. The van der Waals surface area contributed by atoms with E-state index in [-0.39, 0.29) is 11.9 Å². The van der Waals surface area contributed by atoms with E-state index in [1.165, 1.54) is 12.1 Å². The Morgan fingerprint density at radius 1 is 1.04 bits per heavy atom. The molecule has 1 aliphatic heterocycles. The molecule has 3 amide bonds. The van der Waals surface area contributed by atoms with Crippen molar-refractivity contribution in [2.75, 3.05) is 31.5 Å². The molecule has 0 unspecified atom stereocenters. The first-order valence-electron chi connectivity index (χ1n) is 8.49. The van der Waals surface area contributed by atoms with Crippen LogP contribution in [-0.2, 0) is 0 Å². The van der Waals surface area contributed by atoms with Crippen molar-refractivity contribution < 1.29 is 14.0 Å². The molecule has 27 heavy (non-hydrogen) atoms. The maximum absolute atomic E-state index is 13.6. The highest BCUT2D eigenvalue weighted by atomic mass is 79.9. The lowest BCUT2D eigenvalue weighted by atomic mass is 10.2. The molecule has 142 valence electrons. The lowest BCUT2D eigenvalue weighted by Gasteiger charge is -2.22. The molecule has 0 radical (unpaired) electrons. The summed E-state index contributed by atoms with van der Waals surface area (Å²) in [6, 6.07) is 10.8. The molecule has 1 saturated heterocycles. The van der Waals surface area contributed by atoms with Gasteiger partial charge in [-0.15, -0.1) is 0 Å². The van der Waals surface area contributed by atoms with Crippen molar-refractivity contribution in [3.05, 3.63) is 63.3 Å². The number of urea groups is 1. The minimum absolute atomic E-state index is 0.236. The van der Waals surface area contributed by atoms with Gasteiger partial charge in [0.05, 0.1) is 0 Å². The van der Waals surface area contributed by atoms with Gasteiger partial charge in [-0.25, -0.2) is 9.18 Å². The van der Waals surface area contributed by atoms with E-state index >= 15 is 0 Å². The number of rotatable bonds is 2. The number of halogens is 3. The third kappa shape index (κ3) is 5.20. The Labute approximate surface area is 170 Å². The van der Waals surface area contributed by atoms with Crippen LogP contribution in [0.4, 0.5) is 14.9 Å². The fourth-order valence-corrected chi connectivity index (χ4v) is 3.61. The molecule has 0 bridgehead atoms. The average Bonchev–Trinajstić information content (AvgIpc) is 2.86. The molecule has 5 nitrogen and oxygen atoms in total. The van der Waals surface area contributed by atoms with E-state index in [1.807, 2.05) is 0 Å². The third-order valence-corrected chi connectivity index (χ3v) is 4.95. The van der Waals surface area contributed by atoms with Gasteiger partial charge in [0.2, 0.25) is 0 Å². The number of benzene rings is 2. The van der Waals surface area contributed by atoms with Gasteiger partial charge < -0.3 is 15.1 Å². The number of hydrogen-bond acceptors (Lipinski definition) is 2. The minimum Gasteiger partial charge on any atom is -0.337 e. The highest BCUT2D eigenvalue weighted by Gasteiger charge is 2.23. The second-order valence-corrected chi connectivity index (χ2v) is 7.58. The molecule has 8 heteroatoms. The summed E-state index contributed by atoms with van der Waals surface area (Å²) in [4.78, 5) is 28.5. The largest absolute Gasteiger partial charge is 0.337 e. The van der Waals surface area contributed by atoms with Crippen molar-refractivity contribution in [2.24, 2.45) is 0 Å². The van der Waals surface area contributed by atoms with E-state index in [2.05, 4.69) is 21.2 Å². The molecule has 1 heterocycles. The highest BCUT2D eigenvalue weighted by molar-refractivity contribution is 9.10. The lowest BCUT2D eigenvalue weighted by Crippen LogP contribution is -2.39. The number of hydrogen-bond donors (Lipinski definition) is 1. The fraction of sp³-hybridized carbons (Fsp3) is 0.263. The maximum atomic E-state index is 13.6. The molecule has 0 aliphatic carbocycles. The van der Waals surface area contributed by atoms with Crippen LogP contribution in [0.5, 0.6) is 0 Å². The summed E-state index contributed by atoms with van der Waals surface area (Å²) in [6.07, 6.45) is 0.644. The summed E-state index contributed by atoms with van der Waals surface area (Å²) in [5.41, 5.74) is 0.910. The molecular formula is C19H18BrClFN3O2. The van der Waals surface area contributed by atoms with E-state index in [4.69, 9.17) is 11.6 Å². The summed E-state index contributed by atoms with van der Waals surface area (Å²) < 4.78 is 14.1. The topological polar surface area (TPSA) is 52.7 Å². The van der Waals surface area contributed by atoms with Crippen molar-refractivity contribution in [3.8, 4) is 0 Å². The Morgan fingerprint density at radius 2 is 1.78 bits per heavy atom. The van der Waals surface area contributed by atoms with Crippen LogP contribution in [0.15, 0.2) is 46.9 Å². The van der Waals surface area contributed by atoms with Gasteiger partial charge in [0.1, 0.15) is 5.82 Å². The lowest BCUT2D eigenvalue weighted by molar-refractivity contribution is 0.0762. The normalized spacial score (nSPS) is 14.6. The number of anilines is 1. The van der Waals surface area contributed by atoms with Crippen LogP contribution >= 0.6 is 27.5 Å². The SMILES string of the molecule is O=C(Nc1cccc(Cl)c1)N1CCCN(C(=O)c2cc(F)cc(Br)c2)CC1. The Kier molecular flexibility index (Phi) is 6.34. The second-order valence-electron chi connectivity index (χ2n) is 6.23. The van der Waals surface area contributed by atoms with Crippen LogP contribution in [0.3, 0.4) is 0 Å². The number of carbonyl (C=O) groups excluding carboxylic acids is 2. The molecule has 2 aromatic carbocycles. The number of carbonyl (C=O) groups is 2. The zero-order valence-electron chi connectivity index (χ0n) is 14.4. The van der Waals surface area contributed by atoms with E-state index in [0.29, 0.717) is 53.3 Å². The first kappa shape index (κ1) is 19.6. The van der Waals surface area contributed by atoms with Gasteiger partial charge in [-0.2, -0.15) is 0 Å². The molecule has 0 spiro atoms. The Balaban J connectivity index is 1.62. The second kappa shape index (κ2) is 8.71. The fourth-order valence-electron chi connectivity index (χ4n) is 2.95. The van der Waals surface area contributed by atoms with E-state index in [1.54, 1.807) is 40.1 Å². The molecule has 2 aromatic rings. The Hall–Kier alpha value is -2.12. The van der Waals surface area contributed by atoms with Gasteiger partial charge in [0, 0.05) is 46.9 Å². The first-order chi connectivity index (χ1) is 12.9. The summed E-state index contributed by atoms with van der Waals surface area (Å²) in [6.45, 7) is 1.82. The molecule has 1 aliphatic rings. The molecular weight excluding hydrogens is 437 g/mol. The Bertz CT molecular complexity index is 844. The summed E-state index contributed by atoms with van der Waals surface area (Å²) in [7, 11) is 0. The van der Waals surface area contributed by atoms with Crippen LogP contribution in [0.1, 0.15) is 16.8 Å². The van der Waals surface area contributed by atoms with Crippen LogP contribution in [0.2, 0.25) is 5.02 Å². The van der Waals surface area contributed by atoms with Crippen LogP contribution in [-0.4, -0.2) is 47.9 Å². The molecule has 0 saturated carbocycles. The molecule has 1 fully saturated rings. The molecule has 1 N–H and O–H groups in total. The zero-order chi connectivity index (χ0) is 19.4. The standard InChI is InChI=1S/C19H18BrClFN3O2/c20-14-9-13(10-16(22)11-14)18(26)24-5-2-6-25(8-7-24)19(27)23-17-4-1-3-15(21)12-17/h1,3-4,9-12H,2,5-8H2,(H,23,27). The third-order valence-electron chi connectivity index (χ3n) is 4.26. The van der Waals surface area contributed by atoms with Gasteiger partial charge in [0.25, 0.3) is 5.91 Å². The smallest absolute Gasteiger partial charge is 0.321 e. The van der Waals surface area contributed by atoms with E-state index in [9.17, 15) is 14.0 Å². The van der Waals surface area contributed by atoms with Gasteiger partial charge in [-0.3, -0.25) is 4.79 Å². The zero-order valence-corrected chi connectivity index (χ0v) is 16.8. The van der Waals surface area contributed by atoms with Crippen molar-refractivity contribution in [2.45, 2.75) is 6.42 Å². The van der Waals surface area contributed by atoms with Crippen LogP contribution in [0.25, 0.3) is 0 Å². The minimum atomic E-state index is -0.468. The van der Waals surface area contributed by atoms with Crippen LogP contribution < -0.4 is 5.32 Å². The van der Waals surface area contributed by atoms with Crippen molar-refractivity contribution in [1.82, 2.24) is 9.80 Å². The predicted octanol–water partition coefficient (Wildman–Crippen LogP) is 4.62. The maximum Gasteiger partial charge on any atom is 0.321 e. The molecule has 0 aromatic heterocycles. The molecule has 0 atom stereocenters. The number of nitrogens with one attached hydrogen (secondary N) is 1. The van der Waals surface area contributed by atoms with Crippen molar-refractivity contribution in [1.29, 1.82) is 0 Å². The van der Waals surface area contributed by atoms with Crippen molar-refractivity contribution in [3.63, 3.8) is 0 Å². The first-order valence-corrected chi connectivity index (χ1v) is 9.66.